The molecule has 102 valence electrons. The quantitative estimate of drug-likeness (QED) is 0.630. The van der Waals surface area contributed by atoms with Gasteiger partial charge in [0.05, 0.1) is 6.54 Å². The zero-order valence-corrected chi connectivity index (χ0v) is 12.3. The minimum Gasteiger partial charge on any atom is -0.355 e. The van der Waals surface area contributed by atoms with Crippen molar-refractivity contribution >= 4 is 5.91 Å². The fourth-order valence-electron chi connectivity index (χ4n) is 2.11. The Balaban J connectivity index is 3.37. The average molecular weight is 242 g/mol. The van der Waals surface area contributed by atoms with Crippen molar-refractivity contribution in [2.45, 2.75) is 46.5 Å². The van der Waals surface area contributed by atoms with E-state index < -0.39 is 0 Å². The van der Waals surface area contributed by atoms with Gasteiger partial charge in [0, 0.05) is 6.54 Å². The Morgan fingerprint density at radius 2 is 1.82 bits per heavy atom. The van der Waals surface area contributed by atoms with Crippen molar-refractivity contribution in [1.82, 2.24) is 10.2 Å². The summed E-state index contributed by atoms with van der Waals surface area (Å²) in [5.41, 5.74) is 0. The minimum atomic E-state index is 0.130. The summed E-state index contributed by atoms with van der Waals surface area (Å²) >= 11 is 0. The summed E-state index contributed by atoms with van der Waals surface area (Å²) in [5.74, 6) is 1.74. The molecule has 0 aliphatic rings. The molecule has 0 saturated carbocycles. The fourth-order valence-corrected chi connectivity index (χ4v) is 2.11. The van der Waals surface area contributed by atoms with Crippen LogP contribution in [0.4, 0.5) is 0 Å². The van der Waals surface area contributed by atoms with Crippen molar-refractivity contribution in [2.75, 3.05) is 27.2 Å². The number of amides is 1. The van der Waals surface area contributed by atoms with Crippen LogP contribution < -0.4 is 5.32 Å². The van der Waals surface area contributed by atoms with Gasteiger partial charge in [-0.2, -0.15) is 0 Å². The van der Waals surface area contributed by atoms with E-state index in [0.717, 1.165) is 24.8 Å². The molecule has 1 atom stereocenters. The summed E-state index contributed by atoms with van der Waals surface area (Å²) < 4.78 is 0. The summed E-state index contributed by atoms with van der Waals surface area (Å²) in [6.45, 7) is 8.19. The molecule has 17 heavy (non-hydrogen) atoms. The van der Waals surface area contributed by atoms with Gasteiger partial charge >= 0.3 is 0 Å². The molecule has 0 aromatic carbocycles. The summed E-state index contributed by atoms with van der Waals surface area (Å²) in [6, 6.07) is 0. The molecule has 0 aliphatic carbocycles. The van der Waals surface area contributed by atoms with E-state index in [1.807, 2.05) is 19.0 Å². The van der Waals surface area contributed by atoms with Crippen LogP contribution in [-0.2, 0) is 4.79 Å². The maximum absolute atomic E-state index is 11.3. The fraction of sp³-hybridized carbons (Fsp3) is 0.929. The normalized spacial score (nSPS) is 13.1. The highest BCUT2D eigenvalue weighted by Crippen LogP contribution is 2.16. The van der Waals surface area contributed by atoms with Gasteiger partial charge in [0.2, 0.25) is 5.91 Å². The van der Waals surface area contributed by atoms with Crippen molar-refractivity contribution in [3.05, 3.63) is 0 Å². The third kappa shape index (κ3) is 11.7. The number of hydrogen-bond acceptors (Lipinski definition) is 2. The molecule has 0 heterocycles. The Kier molecular flexibility index (Phi) is 9.14. The molecule has 0 aromatic rings. The van der Waals surface area contributed by atoms with Crippen LogP contribution in [0.2, 0.25) is 0 Å². The topological polar surface area (TPSA) is 32.3 Å². The van der Waals surface area contributed by atoms with E-state index in [-0.39, 0.29) is 5.91 Å². The van der Waals surface area contributed by atoms with Gasteiger partial charge in [-0.1, -0.05) is 33.6 Å². The van der Waals surface area contributed by atoms with E-state index >= 15 is 0 Å². The third-order valence-corrected chi connectivity index (χ3v) is 2.78. The number of unbranched alkanes of at least 4 members (excludes halogenated alkanes) is 1. The second kappa shape index (κ2) is 9.46. The van der Waals surface area contributed by atoms with E-state index in [4.69, 9.17) is 0 Å². The van der Waals surface area contributed by atoms with Gasteiger partial charge in [0.1, 0.15) is 0 Å². The van der Waals surface area contributed by atoms with Crippen molar-refractivity contribution in [3.63, 3.8) is 0 Å². The molecule has 1 N–H and O–H groups in total. The van der Waals surface area contributed by atoms with Gasteiger partial charge in [-0.25, -0.2) is 0 Å². The van der Waals surface area contributed by atoms with Crippen molar-refractivity contribution < 1.29 is 4.79 Å². The van der Waals surface area contributed by atoms with Gasteiger partial charge in [-0.05, 0) is 38.8 Å². The first-order valence-corrected chi connectivity index (χ1v) is 6.83. The molecule has 0 aromatic heterocycles. The zero-order valence-electron chi connectivity index (χ0n) is 12.3. The number of likely N-dealkylation sites (N-methyl/N-ethyl adjacent to an activating group) is 1. The van der Waals surface area contributed by atoms with Gasteiger partial charge in [0.15, 0.2) is 0 Å². The molecule has 3 heteroatoms. The monoisotopic (exact) mass is 242 g/mol. The SMILES string of the molecule is CC(C)CC(C)CCCCNC(=O)CN(C)C. The van der Waals surface area contributed by atoms with Crippen molar-refractivity contribution in [3.8, 4) is 0 Å². The Morgan fingerprint density at radius 1 is 1.18 bits per heavy atom. The molecule has 0 saturated heterocycles. The Bertz CT molecular complexity index is 202. The second-order valence-electron chi connectivity index (χ2n) is 5.82. The van der Waals surface area contributed by atoms with Crippen LogP contribution >= 0.6 is 0 Å². The first-order chi connectivity index (χ1) is 7.91. The number of hydrogen-bond donors (Lipinski definition) is 1. The number of carbonyl (C=O) groups is 1. The number of nitrogens with zero attached hydrogens (tertiary/aromatic N) is 1. The van der Waals surface area contributed by atoms with Crippen LogP contribution in [0.5, 0.6) is 0 Å². The zero-order chi connectivity index (χ0) is 13.3. The standard InChI is InChI=1S/C14H30N2O/c1-12(2)10-13(3)8-6-7-9-15-14(17)11-16(4)5/h12-13H,6-11H2,1-5H3,(H,15,17). The molecule has 0 spiro atoms. The number of carbonyl (C=O) groups excluding carboxylic acids is 1. The van der Waals surface area contributed by atoms with Gasteiger partial charge in [0.25, 0.3) is 0 Å². The van der Waals surface area contributed by atoms with E-state index in [0.29, 0.717) is 6.54 Å². The van der Waals surface area contributed by atoms with Crippen LogP contribution in [0.25, 0.3) is 0 Å². The summed E-state index contributed by atoms with van der Waals surface area (Å²) in [7, 11) is 3.82. The highest BCUT2D eigenvalue weighted by atomic mass is 16.1. The Hall–Kier alpha value is -0.570. The first-order valence-electron chi connectivity index (χ1n) is 6.83. The molecule has 1 amide bonds. The lowest BCUT2D eigenvalue weighted by molar-refractivity contribution is -0.121. The predicted molar refractivity (Wildman–Crippen MR) is 74.0 cm³/mol. The average Bonchev–Trinajstić information content (AvgIpc) is 2.14. The van der Waals surface area contributed by atoms with Gasteiger partial charge < -0.3 is 10.2 Å². The van der Waals surface area contributed by atoms with Crippen LogP contribution in [-0.4, -0.2) is 38.0 Å². The molecule has 0 aliphatic heterocycles. The van der Waals surface area contributed by atoms with E-state index in [1.165, 1.54) is 19.3 Å². The molecule has 1 unspecified atom stereocenters. The highest BCUT2D eigenvalue weighted by Gasteiger charge is 2.05. The summed E-state index contributed by atoms with van der Waals surface area (Å²) in [4.78, 5) is 13.2. The van der Waals surface area contributed by atoms with Crippen LogP contribution in [0.15, 0.2) is 0 Å². The summed E-state index contributed by atoms with van der Waals surface area (Å²) in [5, 5.41) is 2.95. The molecule has 0 rings (SSSR count). The van der Waals surface area contributed by atoms with Gasteiger partial charge in [-0.15, -0.1) is 0 Å². The summed E-state index contributed by atoms with van der Waals surface area (Å²) in [6.07, 6.45) is 4.91. The molecular formula is C14H30N2O. The molecule has 3 nitrogen and oxygen atoms in total. The lowest BCUT2D eigenvalue weighted by atomic mass is 9.94. The van der Waals surface area contributed by atoms with Crippen LogP contribution in [0.3, 0.4) is 0 Å². The molecular weight excluding hydrogens is 212 g/mol. The number of nitrogens with one attached hydrogen (secondary N) is 1. The number of rotatable bonds is 9. The smallest absolute Gasteiger partial charge is 0.234 e. The molecule has 0 bridgehead atoms. The van der Waals surface area contributed by atoms with Crippen LogP contribution in [0.1, 0.15) is 46.5 Å². The van der Waals surface area contributed by atoms with E-state index in [9.17, 15) is 4.79 Å². The first kappa shape index (κ1) is 16.4. The Labute approximate surface area is 107 Å². The maximum Gasteiger partial charge on any atom is 0.234 e. The highest BCUT2D eigenvalue weighted by molar-refractivity contribution is 5.77. The second-order valence-corrected chi connectivity index (χ2v) is 5.82. The minimum absolute atomic E-state index is 0.130. The van der Waals surface area contributed by atoms with Gasteiger partial charge in [-0.3, -0.25) is 4.79 Å². The largest absolute Gasteiger partial charge is 0.355 e. The maximum atomic E-state index is 11.3. The van der Waals surface area contributed by atoms with E-state index in [1.54, 1.807) is 0 Å². The van der Waals surface area contributed by atoms with E-state index in [2.05, 4.69) is 26.1 Å². The predicted octanol–water partition coefficient (Wildman–Crippen LogP) is 2.52. The third-order valence-electron chi connectivity index (χ3n) is 2.78. The Morgan fingerprint density at radius 3 is 2.35 bits per heavy atom. The molecule has 0 radical (unpaired) electrons. The van der Waals surface area contributed by atoms with Crippen molar-refractivity contribution in [1.29, 1.82) is 0 Å². The van der Waals surface area contributed by atoms with Crippen molar-refractivity contribution in [2.24, 2.45) is 11.8 Å². The lowest BCUT2D eigenvalue weighted by Gasteiger charge is -2.14. The lowest BCUT2D eigenvalue weighted by Crippen LogP contribution is -2.33. The molecule has 0 fully saturated rings. The van der Waals surface area contributed by atoms with Crippen LogP contribution in [0, 0.1) is 11.8 Å².